The summed E-state index contributed by atoms with van der Waals surface area (Å²) in [5, 5.41) is 4.79. The van der Waals surface area contributed by atoms with Gasteiger partial charge in [0.15, 0.2) is 5.13 Å². The Labute approximate surface area is 120 Å². The molecule has 3 N–H and O–H groups in total. The minimum atomic E-state index is 0.427. The molecule has 0 radical (unpaired) electrons. The molecular weight excluding hydrogens is 256 g/mol. The second-order valence-electron chi connectivity index (χ2n) is 5.27. The van der Waals surface area contributed by atoms with E-state index in [1.807, 2.05) is 6.20 Å². The van der Waals surface area contributed by atoms with Gasteiger partial charge in [-0.1, -0.05) is 0 Å². The van der Waals surface area contributed by atoms with Crippen LogP contribution in [0.3, 0.4) is 0 Å². The summed E-state index contributed by atoms with van der Waals surface area (Å²) in [5.41, 5.74) is 5.93. The molecule has 1 heterocycles. The van der Waals surface area contributed by atoms with E-state index in [1.165, 1.54) is 17.7 Å². The van der Waals surface area contributed by atoms with Crippen molar-refractivity contribution < 1.29 is 0 Å². The summed E-state index contributed by atoms with van der Waals surface area (Å²) in [6.07, 6.45) is 6.75. The van der Waals surface area contributed by atoms with Crippen molar-refractivity contribution in [2.75, 3.05) is 18.0 Å². The van der Waals surface area contributed by atoms with Crippen LogP contribution in [-0.4, -0.2) is 30.2 Å². The standard InChI is InChI=1S/C14H26N4S/c1-3-18(4-2)14-17-10-13(19-14)9-16-12-7-5-11(15)6-8-12/h10-12,16H,3-9,15H2,1-2H3. The van der Waals surface area contributed by atoms with Crippen LogP contribution in [0.5, 0.6) is 0 Å². The second kappa shape index (κ2) is 7.22. The number of hydrogen-bond acceptors (Lipinski definition) is 5. The monoisotopic (exact) mass is 282 g/mol. The molecule has 1 aliphatic carbocycles. The van der Waals surface area contributed by atoms with Crippen molar-refractivity contribution in [3.63, 3.8) is 0 Å². The molecule has 0 aromatic carbocycles. The van der Waals surface area contributed by atoms with Crippen LogP contribution in [0.15, 0.2) is 6.20 Å². The lowest BCUT2D eigenvalue weighted by Gasteiger charge is -2.26. The molecule has 108 valence electrons. The van der Waals surface area contributed by atoms with Gasteiger partial charge in [-0.25, -0.2) is 4.98 Å². The predicted molar refractivity (Wildman–Crippen MR) is 82.7 cm³/mol. The molecule has 0 saturated heterocycles. The van der Waals surface area contributed by atoms with Gasteiger partial charge in [-0.15, -0.1) is 11.3 Å². The Kier molecular flexibility index (Phi) is 5.60. The van der Waals surface area contributed by atoms with Crippen molar-refractivity contribution in [1.29, 1.82) is 0 Å². The van der Waals surface area contributed by atoms with E-state index >= 15 is 0 Å². The van der Waals surface area contributed by atoms with E-state index in [-0.39, 0.29) is 0 Å². The quantitative estimate of drug-likeness (QED) is 0.841. The molecule has 1 aromatic rings. The van der Waals surface area contributed by atoms with Crippen molar-refractivity contribution in [1.82, 2.24) is 10.3 Å². The summed E-state index contributed by atoms with van der Waals surface area (Å²) in [7, 11) is 0. The molecule has 1 aliphatic rings. The first-order valence-electron chi connectivity index (χ1n) is 7.41. The molecule has 0 spiro atoms. The Morgan fingerprint density at radius 1 is 1.32 bits per heavy atom. The van der Waals surface area contributed by atoms with Gasteiger partial charge in [0.1, 0.15) is 0 Å². The Bertz CT molecular complexity index is 367. The Morgan fingerprint density at radius 3 is 2.63 bits per heavy atom. The van der Waals surface area contributed by atoms with E-state index in [1.54, 1.807) is 11.3 Å². The highest BCUT2D eigenvalue weighted by molar-refractivity contribution is 7.15. The van der Waals surface area contributed by atoms with Crippen LogP contribution in [0.2, 0.25) is 0 Å². The maximum atomic E-state index is 5.93. The van der Waals surface area contributed by atoms with Gasteiger partial charge in [0.25, 0.3) is 0 Å². The lowest BCUT2D eigenvalue weighted by atomic mass is 9.92. The number of rotatable bonds is 6. The van der Waals surface area contributed by atoms with Crippen LogP contribution < -0.4 is 16.0 Å². The highest BCUT2D eigenvalue weighted by atomic mass is 32.1. The van der Waals surface area contributed by atoms with Crippen LogP contribution in [0.25, 0.3) is 0 Å². The van der Waals surface area contributed by atoms with Crippen molar-refractivity contribution >= 4 is 16.5 Å². The third-order valence-electron chi connectivity index (χ3n) is 3.91. The minimum absolute atomic E-state index is 0.427. The van der Waals surface area contributed by atoms with Crippen LogP contribution in [0.4, 0.5) is 5.13 Å². The van der Waals surface area contributed by atoms with Gasteiger partial charge < -0.3 is 16.0 Å². The molecular formula is C14H26N4S. The molecule has 4 nitrogen and oxygen atoms in total. The number of nitrogens with one attached hydrogen (secondary N) is 1. The van der Waals surface area contributed by atoms with Gasteiger partial charge in [-0.2, -0.15) is 0 Å². The zero-order valence-electron chi connectivity index (χ0n) is 12.1. The van der Waals surface area contributed by atoms with Crippen LogP contribution >= 0.6 is 11.3 Å². The fourth-order valence-corrected chi connectivity index (χ4v) is 3.58. The van der Waals surface area contributed by atoms with Gasteiger partial charge in [-0.05, 0) is 39.5 Å². The number of nitrogens with two attached hydrogens (primary N) is 1. The zero-order chi connectivity index (χ0) is 13.7. The molecule has 0 aliphatic heterocycles. The van der Waals surface area contributed by atoms with E-state index in [0.717, 1.165) is 37.6 Å². The van der Waals surface area contributed by atoms with Gasteiger partial charge in [0.05, 0.1) is 0 Å². The largest absolute Gasteiger partial charge is 0.349 e. The van der Waals surface area contributed by atoms with E-state index in [0.29, 0.717) is 12.1 Å². The summed E-state index contributed by atoms with van der Waals surface area (Å²) in [6.45, 7) is 7.34. The number of anilines is 1. The summed E-state index contributed by atoms with van der Waals surface area (Å²) in [4.78, 5) is 8.15. The summed E-state index contributed by atoms with van der Waals surface area (Å²) in [6, 6.07) is 1.06. The lowest BCUT2D eigenvalue weighted by molar-refractivity contribution is 0.342. The van der Waals surface area contributed by atoms with E-state index in [4.69, 9.17) is 5.73 Å². The SMILES string of the molecule is CCN(CC)c1ncc(CNC2CCC(N)CC2)s1. The molecule has 0 atom stereocenters. The molecule has 5 heteroatoms. The highest BCUT2D eigenvalue weighted by Gasteiger charge is 2.18. The minimum Gasteiger partial charge on any atom is -0.349 e. The summed E-state index contributed by atoms with van der Waals surface area (Å²) < 4.78 is 0. The fraction of sp³-hybridized carbons (Fsp3) is 0.786. The summed E-state index contributed by atoms with van der Waals surface area (Å²) >= 11 is 1.81. The predicted octanol–water partition coefficient (Wildman–Crippen LogP) is 2.35. The smallest absolute Gasteiger partial charge is 0.185 e. The molecule has 2 rings (SSSR count). The van der Waals surface area contributed by atoms with E-state index in [2.05, 4.69) is 29.0 Å². The maximum absolute atomic E-state index is 5.93. The molecule has 0 amide bonds. The molecule has 0 bridgehead atoms. The van der Waals surface area contributed by atoms with Crippen LogP contribution in [0.1, 0.15) is 44.4 Å². The number of thiazole rings is 1. The lowest BCUT2D eigenvalue weighted by Crippen LogP contribution is -2.36. The third kappa shape index (κ3) is 4.16. The van der Waals surface area contributed by atoms with Gasteiger partial charge in [0, 0.05) is 42.8 Å². The van der Waals surface area contributed by atoms with Crippen molar-refractivity contribution in [2.45, 2.75) is 58.2 Å². The van der Waals surface area contributed by atoms with Crippen molar-refractivity contribution in [3.05, 3.63) is 11.1 Å². The topological polar surface area (TPSA) is 54.2 Å². The van der Waals surface area contributed by atoms with E-state index in [9.17, 15) is 0 Å². The maximum Gasteiger partial charge on any atom is 0.185 e. The number of hydrogen-bond donors (Lipinski definition) is 2. The van der Waals surface area contributed by atoms with Gasteiger partial charge in [-0.3, -0.25) is 0 Å². The number of aromatic nitrogens is 1. The molecule has 1 fully saturated rings. The molecule has 1 saturated carbocycles. The Balaban J connectivity index is 1.80. The molecule has 0 unspecified atom stereocenters. The second-order valence-corrected chi connectivity index (χ2v) is 6.37. The van der Waals surface area contributed by atoms with Crippen molar-refractivity contribution in [2.24, 2.45) is 5.73 Å². The first-order chi connectivity index (χ1) is 9.22. The average molecular weight is 282 g/mol. The first-order valence-corrected chi connectivity index (χ1v) is 8.23. The molecule has 19 heavy (non-hydrogen) atoms. The van der Waals surface area contributed by atoms with Gasteiger partial charge in [0.2, 0.25) is 0 Å². The average Bonchev–Trinajstić information content (AvgIpc) is 2.88. The molecule has 1 aromatic heterocycles. The Hall–Kier alpha value is -0.650. The zero-order valence-corrected chi connectivity index (χ0v) is 12.9. The van der Waals surface area contributed by atoms with Crippen molar-refractivity contribution in [3.8, 4) is 0 Å². The number of nitrogens with zero attached hydrogens (tertiary/aromatic N) is 2. The first kappa shape index (κ1) is 14.8. The van der Waals surface area contributed by atoms with Gasteiger partial charge >= 0.3 is 0 Å². The highest BCUT2D eigenvalue weighted by Crippen LogP contribution is 2.23. The normalized spacial score (nSPS) is 23.5. The summed E-state index contributed by atoms with van der Waals surface area (Å²) in [5.74, 6) is 0. The van der Waals surface area contributed by atoms with Crippen LogP contribution in [-0.2, 0) is 6.54 Å². The fourth-order valence-electron chi connectivity index (χ4n) is 2.59. The Morgan fingerprint density at radius 2 is 2.00 bits per heavy atom. The van der Waals surface area contributed by atoms with Crippen LogP contribution in [0, 0.1) is 0 Å². The third-order valence-corrected chi connectivity index (χ3v) is 4.97. The van der Waals surface area contributed by atoms with E-state index < -0.39 is 0 Å².